The second-order valence-electron chi connectivity index (χ2n) is 5.73. The van der Waals surface area contributed by atoms with Crippen LogP contribution >= 0.6 is 0 Å². The van der Waals surface area contributed by atoms with Gasteiger partial charge >= 0.3 is 5.97 Å². The maximum atomic E-state index is 11.9. The third kappa shape index (κ3) is 5.09. The number of amides is 1. The number of rotatable bonds is 6. The van der Waals surface area contributed by atoms with Gasteiger partial charge in [-0.05, 0) is 25.7 Å². The first kappa shape index (κ1) is 15.3. The number of hydrogen-bond donors (Lipinski definition) is 2. The Morgan fingerprint density at radius 1 is 1.15 bits per heavy atom. The topological polar surface area (TPSA) is 78.9 Å². The monoisotopic (exact) mass is 284 g/mol. The molecule has 0 radical (unpaired) electrons. The highest BCUT2D eigenvalue weighted by atomic mass is 16.5. The van der Waals surface area contributed by atoms with Crippen LogP contribution < -0.4 is 5.32 Å². The predicted molar refractivity (Wildman–Crippen MR) is 73.4 cm³/mol. The zero-order chi connectivity index (χ0) is 14.4. The van der Waals surface area contributed by atoms with Crippen LogP contribution in [0.25, 0.3) is 0 Å². The van der Waals surface area contributed by atoms with E-state index in [0.717, 1.165) is 38.8 Å². The summed E-state index contributed by atoms with van der Waals surface area (Å²) >= 11 is 0. The molecule has 2 fully saturated rings. The summed E-state index contributed by atoms with van der Waals surface area (Å²) in [5.41, 5.74) is 0. The Morgan fingerprint density at radius 2 is 1.80 bits per heavy atom. The lowest BCUT2D eigenvalue weighted by molar-refractivity contribution is -0.145. The summed E-state index contributed by atoms with van der Waals surface area (Å²) in [5.74, 6) is -0.815. The first-order valence-corrected chi connectivity index (χ1v) is 7.48. The molecule has 0 atom stereocenters. The van der Waals surface area contributed by atoms with Gasteiger partial charge in [-0.3, -0.25) is 9.69 Å². The van der Waals surface area contributed by atoms with Crippen LogP contribution in [0.5, 0.6) is 0 Å². The molecule has 1 amide bonds. The van der Waals surface area contributed by atoms with Crippen molar-refractivity contribution >= 4 is 11.9 Å². The highest BCUT2D eigenvalue weighted by molar-refractivity contribution is 5.78. The smallest absolute Gasteiger partial charge is 0.329 e. The number of carbonyl (C=O) groups is 2. The fourth-order valence-electron chi connectivity index (χ4n) is 2.97. The third-order valence-corrected chi connectivity index (χ3v) is 4.06. The van der Waals surface area contributed by atoms with E-state index in [2.05, 4.69) is 10.2 Å². The number of nitrogens with one attached hydrogen (secondary N) is 1. The van der Waals surface area contributed by atoms with Crippen LogP contribution in [-0.4, -0.2) is 60.3 Å². The van der Waals surface area contributed by atoms with Crippen molar-refractivity contribution in [3.05, 3.63) is 0 Å². The molecule has 1 saturated heterocycles. The Balaban J connectivity index is 1.61. The van der Waals surface area contributed by atoms with E-state index in [4.69, 9.17) is 9.84 Å². The number of likely N-dealkylation sites (tertiary alicyclic amines) is 1. The molecular weight excluding hydrogens is 260 g/mol. The predicted octanol–water partition coefficient (Wildman–Crippen LogP) is 0.611. The van der Waals surface area contributed by atoms with Crippen molar-refractivity contribution in [2.45, 2.75) is 50.7 Å². The molecule has 1 aliphatic heterocycles. The van der Waals surface area contributed by atoms with Crippen LogP contribution in [0.1, 0.15) is 38.5 Å². The van der Waals surface area contributed by atoms with E-state index >= 15 is 0 Å². The number of hydrogen-bond acceptors (Lipinski definition) is 4. The van der Waals surface area contributed by atoms with Crippen molar-refractivity contribution in [3.8, 4) is 0 Å². The largest absolute Gasteiger partial charge is 0.480 e. The van der Waals surface area contributed by atoms with E-state index in [1.807, 2.05) is 0 Å². The maximum Gasteiger partial charge on any atom is 0.329 e. The molecule has 2 N–H and O–H groups in total. The normalized spacial score (nSPS) is 22.0. The van der Waals surface area contributed by atoms with Gasteiger partial charge in [-0.1, -0.05) is 12.8 Å². The van der Waals surface area contributed by atoms with E-state index in [-0.39, 0.29) is 18.6 Å². The molecular formula is C14H24N2O4. The first-order chi connectivity index (χ1) is 9.63. The van der Waals surface area contributed by atoms with Gasteiger partial charge in [-0.15, -0.1) is 0 Å². The molecule has 0 aromatic carbocycles. The Kier molecular flexibility index (Phi) is 5.79. The van der Waals surface area contributed by atoms with Gasteiger partial charge in [-0.2, -0.15) is 0 Å². The second kappa shape index (κ2) is 7.59. The Bertz CT molecular complexity index is 334. The molecule has 2 aliphatic rings. The van der Waals surface area contributed by atoms with Gasteiger partial charge in [0.25, 0.3) is 0 Å². The standard InChI is InChI=1S/C14H24N2O4/c17-13(15-11-3-1-2-4-11)9-16-7-5-12(6-8-16)20-10-14(18)19/h11-12H,1-10H2,(H,15,17)(H,18,19). The number of ether oxygens (including phenoxy) is 1. The lowest BCUT2D eigenvalue weighted by Gasteiger charge is -2.31. The molecule has 114 valence electrons. The Hall–Kier alpha value is -1.14. The van der Waals surface area contributed by atoms with E-state index in [1.165, 1.54) is 12.8 Å². The molecule has 0 bridgehead atoms. The Labute approximate surface area is 119 Å². The van der Waals surface area contributed by atoms with Crippen LogP contribution in [-0.2, 0) is 14.3 Å². The van der Waals surface area contributed by atoms with Gasteiger partial charge in [0.2, 0.25) is 5.91 Å². The summed E-state index contributed by atoms with van der Waals surface area (Å²) in [7, 11) is 0. The zero-order valence-corrected chi connectivity index (χ0v) is 11.8. The number of carboxylic acid groups (broad SMARTS) is 1. The van der Waals surface area contributed by atoms with E-state index in [9.17, 15) is 9.59 Å². The lowest BCUT2D eigenvalue weighted by atomic mass is 10.1. The van der Waals surface area contributed by atoms with Gasteiger partial charge in [0.05, 0.1) is 12.6 Å². The summed E-state index contributed by atoms with van der Waals surface area (Å²) in [5, 5.41) is 11.7. The maximum absolute atomic E-state index is 11.9. The average Bonchev–Trinajstić information content (AvgIpc) is 2.90. The lowest BCUT2D eigenvalue weighted by Crippen LogP contribution is -2.45. The van der Waals surface area contributed by atoms with Crippen molar-refractivity contribution in [1.29, 1.82) is 0 Å². The molecule has 20 heavy (non-hydrogen) atoms. The van der Waals surface area contributed by atoms with E-state index in [0.29, 0.717) is 12.6 Å². The summed E-state index contributed by atoms with van der Waals surface area (Å²) in [6, 6.07) is 0.374. The molecule has 0 spiro atoms. The van der Waals surface area contributed by atoms with Crippen LogP contribution in [0.15, 0.2) is 0 Å². The number of carboxylic acids is 1. The SMILES string of the molecule is O=C(O)COC1CCN(CC(=O)NC2CCCC2)CC1. The average molecular weight is 284 g/mol. The summed E-state index contributed by atoms with van der Waals surface area (Å²) < 4.78 is 5.28. The fourth-order valence-corrected chi connectivity index (χ4v) is 2.97. The van der Waals surface area contributed by atoms with Gasteiger partial charge in [-0.25, -0.2) is 4.79 Å². The molecule has 6 heteroatoms. The van der Waals surface area contributed by atoms with Crippen molar-refractivity contribution in [1.82, 2.24) is 10.2 Å². The molecule has 1 aliphatic carbocycles. The summed E-state index contributed by atoms with van der Waals surface area (Å²) in [6.07, 6.45) is 6.26. The molecule has 1 heterocycles. The van der Waals surface area contributed by atoms with Gasteiger partial charge in [0.1, 0.15) is 6.61 Å². The van der Waals surface area contributed by atoms with Crippen molar-refractivity contribution < 1.29 is 19.4 Å². The van der Waals surface area contributed by atoms with Crippen molar-refractivity contribution in [2.24, 2.45) is 0 Å². The molecule has 6 nitrogen and oxygen atoms in total. The van der Waals surface area contributed by atoms with Gasteiger partial charge in [0.15, 0.2) is 0 Å². The quantitative estimate of drug-likeness (QED) is 0.747. The minimum Gasteiger partial charge on any atom is -0.480 e. The highest BCUT2D eigenvalue weighted by Crippen LogP contribution is 2.18. The molecule has 0 unspecified atom stereocenters. The molecule has 1 saturated carbocycles. The van der Waals surface area contributed by atoms with Crippen molar-refractivity contribution in [3.63, 3.8) is 0 Å². The molecule has 0 aromatic heterocycles. The minimum absolute atomic E-state index is 0.0141. The van der Waals surface area contributed by atoms with Crippen molar-refractivity contribution in [2.75, 3.05) is 26.2 Å². The second-order valence-corrected chi connectivity index (χ2v) is 5.73. The van der Waals surface area contributed by atoms with Gasteiger partial charge < -0.3 is 15.2 Å². The number of piperidine rings is 1. The summed E-state index contributed by atoms with van der Waals surface area (Å²) in [6.45, 7) is 1.81. The van der Waals surface area contributed by atoms with Gasteiger partial charge in [0, 0.05) is 19.1 Å². The number of carbonyl (C=O) groups excluding carboxylic acids is 1. The third-order valence-electron chi connectivity index (χ3n) is 4.06. The van der Waals surface area contributed by atoms with E-state index in [1.54, 1.807) is 0 Å². The number of aliphatic carboxylic acids is 1. The minimum atomic E-state index is -0.927. The zero-order valence-electron chi connectivity index (χ0n) is 11.8. The summed E-state index contributed by atoms with van der Waals surface area (Å²) in [4.78, 5) is 24.4. The first-order valence-electron chi connectivity index (χ1n) is 7.48. The highest BCUT2D eigenvalue weighted by Gasteiger charge is 2.23. The van der Waals surface area contributed by atoms with Crippen LogP contribution in [0.4, 0.5) is 0 Å². The van der Waals surface area contributed by atoms with Crippen LogP contribution in [0, 0.1) is 0 Å². The van der Waals surface area contributed by atoms with E-state index < -0.39 is 5.97 Å². The van der Waals surface area contributed by atoms with Crippen LogP contribution in [0.3, 0.4) is 0 Å². The number of nitrogens with zero attached hydrogens (tertiary/aromatic N) is 1. The molecule has 0 aromatic rings. The Morgan fingerprint density at radius 3 is 2.40 bits per heavy atom. The van der Waals surface area contributed by atoms with Crippen LogP contribution in [0.2, 0.25) is 0 Å². The molecule has 2 rings (SSSR count). The fraction of sp³-hybridized carbons (Fsp3) is 0.857.